The van der Waals surface area contributed by atoms with Gasteiger partial charge in [-0.1, -0.05) is 30.3 Å². The molecule has 1 saturated heterocycles. The monoisotopic (exact) mass is 339 g/mol. The van der Waals surface area contributed by atoms with Gasteiger partial charge in [0.1, 0.15) is 5.69 Å². The van der Waals surface area contributed by atoms with Gasteiger partial charge in [0.25, 0.3) is 5.91 Å². The minimum absolute atomic E-state index is 0.0374. The second-order valence-electron chi connectivity index (χ2n) is 6.79. The van der Waals surface area contributed by atoms with Crippen molar-refractivity contribution in [1.82, 2.24) is 14.8 Å². The Balaban J connectivity index is 1.63. The summed E-state index contributed by atoms with van der Waals surface area (Å²) in [6, 6.07) is 12.3. The molecule has 2 aromatic rings. The van der Waals surface area contributed by atoms with Gasteiger partial charge in [0.05, 0.1) is 0 Å². The highest BCUT2D eigenvalue weighted by molar-refractivity contribution is 5.99. The first-order valence-corrected chi connectivity index (χ1v) is 8.77. The molecule has 0 radical (unpaired) electrons. The number of carbonyl (C=O) groups excluding carboxylic acids is 2. The minimum atomic E-state index is -0.0564. The largest absolute Gasteiger partial charge is 0.356 e. The van der Waals surface area contributed by atoms with Gasteiger partial charge in [0, 0.05) is 37.9 Å². The van der Waals surface area contributed by atoms with Gasteiger partial charge in [-0.05, 0) is 37.9 Å². The summed E-state index contributed by atoms with van der Waals surface area (Å²) in [5.74, 6) is -0.0938. The molecule has 1 fully saturated rings. The minimum Gasteiger partial charge on any atom is -0.356 e. The van der Waals surface area contributed by atoms with E-state index in [1.165, 1.54) is 12.5 Å². The molecule has 0 spiro atoms. The Hall–Kier alpha value is -2.40. The normalized spacial score (nSPS) is 18.1. The fraction of sp³-hybridized carbons (Fsp3) is 0.400. The third-order valence-corrected chi connectivity index (χ3v) is 4.92. The quantitative estimate of drug-likeness (QED) is 0.852. The summed E-state index contributed by atoms with van der Waals surface area (Å²) in [6.07, 6.45) is 3.69. The van der Waals surface area contributed by atoms with Crippen molar-refractivity contribution in [2.75, 3.05) is 20.1 Å². The molecule has 1 aromatic carbocycles. The van der Waals surface area contributed by atoms with Crippen molar-refractivity contribution in [2.24, 2.45) is 0 Å². The Morgan fingerprint density at radius 3 is 2.72 bits per heavy atom. The number of Topliss-reactive ketones (excluding diaryl/α,β-unsaturated/α-hetero) is 1. The number of hydrogen-bond donors (Lipinski definition) is 1. The van der Waals surface area contributed by atoms with Gasteiger partial charge in [-0.3, -0.25) is 14.5 Å². The smallest absolute Gasteiger partial charge is 0.270 e. The maximum atomic E-state index is 12.7. The molecule has 1 aliphatic heterocycles. The molecule has 2 heterocycles. The zero-order valence-corrected chi connectivity index (χ0v) is 14.9. The van der Waals surface area contributed by atoms with Crippen LogP contribution in [0.1, 0.15) is 46.2 Å². The summed E-state index contributed by atoms with van der Waals surface area (Å²) >= 11 is 0. The Morgan fingerprint density at radius 1 is 1.28 bits per heavy atom. The maximum Gasteiger partial charge on any atom is 0.270 e. The van der Waals surface area contributed by atoms with Crippen LogP contribution in [0.25, 0.3) is 0 Å². The zero-order chi connectivity index (χ0) is 17.8. The van der Waals surface area contributed by atoms with E-state index >= 15 is 0 Å². The third kappa shape index (κ3) is 4.17. The molecule has 1 aliphatic rings. The van der Waals surface area contributed by atoms with Gasteiger partial charge in [-0.2, -0.15) is 0 Å². The topological polar surface area (TPSA) is 56.4 Å². The Kier molecular flexibility index (Phi) is 5.34. The van der Waals surface area contributed by atoms with Gasteiger partial charge >= 0.3 is 0 Å². The Labute approximate surface area is 148 Å². The average molecular weight is 339 g/mol. The zero-order valence-electron chi connectivity index (χ0n) is 14.9. The molecule has 1 unspecified atom stereocenters. The molecule has 1 amide bonds. The fourth-order valence-corrected chi connectivity index (χ4v) is 3.41. The molecule has 3 rings (SSSR count). The number of H-pyrrole nitrogens is 1. The van der Waals surface area contributed by atoms with Crippen LogP contribution in [-0.4, -0.2) is 52.7 Å². The number of hydrogen-bond acceptors (Lipinski definition) is 3. The molecule has 132 valence electrons. The first-order valence-electron chi connectivity index (χ1n) is 8.77. The maximum absolute atomic E-state index is 12.7. The van der Waals surface area contributed by atoms with Crippen LogP contribution < -0.4 is 0 Å². The highest BCUT2D eigenvalue weighted by Crippen LogP contribution is 2.19. The number of aromatic nitrogens is 1. The van der Waals surface area contributed by atoms with E-state index < -0.39 is 0 Å². The van der Waals surface area contributed by atoms with Gasteiger partial charge in [-0.25, -0.2) is 0 Å². The number of nitrogens with one attached hydrogen (secondary N) is 1. The van der Waals surface area contributed by atoms with E-state index in [4.69, 9.17) is 0 Å². The fourth-order valence-electron chi connectivity index (χ4n) is 3.41. The van der Waals surface area contributed by atoms with Crippen LogP contribution >= 0.6 is 0 Å². The van der Waals surface area contributed by atoms with Crippen LogP contribution in [0.15, 0.2) is 42.6 Å². The lowest BCUT2D eigenvalue weighted by atomic mass is 10.0. The first-order chi connectivity index (χ1) is 12.0. The van der Waals surface area contributed by atoms with E-state index in [1.807, 2.05) is 18.0 Å². The second-order valence-corrected chi connectivity index (χ2v) is 6.79. The molecular formula is C20H25N3O2. The molecule has 1 N–H and O–H groups in total. The van der Waals surface area contributed by atoms with E-state index in [2.05, 4.69) is 34.1 Å². The molecular weight excluding hydrogens is 314 g/mol. The van der Waals surface area contributed by atoms with Crippen LogP contribution in [0.2, 0.25) is 0 Å². The lowest BCUT2D eigenvalue weighted by Gasteiger charge is -2.37. The Bertz CT molecular complexity index is 738. The van der Waals surface area contributed by atoms with Crippen molar-refractivity contribution in [3.05, 3.63) is 59.4 Å². The van der Waals surface area contributed by atoms with Crippen LogP contribution in [0.5, 0.6) is 0 Å². The number of likely N-dealkylation sites (tertiary alicyclic amines) is 1. The number of rotatable bonds is 5. The lowest BCUT2D eigenvalue weighted by Crippen LogP contribution is -2.48. The van der Waals surface area contributed by atoms with E-state index in [9.17, 15) is 9.59 Å². The number of carbonyl (C=O) groups is 2. The van der Waals surface area contributed by atoms with Gasteiger partial charge < -0.3 is 9.88 Å². The SMILES string of the molecule is CC(=O)c1c[nH]c(C(=O)N(C)C2CCCN(Cc3ccccc3)C2)c1. The van der Waals surface area contributed by atoms with Gasteiger partial charge in [0.15, 0.2) is 5.78 Å². The number of nitrogens with zero attached hydrogens (tertiary/aromatic N) is 2. The highest BCUT2D eigenvalue weighted by atomic mass is 16.2. The number of aromatic amines is 1. The van der Waals surface area contributed by atoms with E-state index in [1.54, 1.807) is 12.3 Å². The van der Waals surface area contributed by atoms with Crippen molar-refractivity contribution >= 4 is 11.7 Å². The summed E-state index contributed by atoms with van der Waals surface area (Å²) in [5.41, 5.74) is 2.33. The summed E-state index contributed by atoms with van der Waals surface area (Å²) in [5, 5.41) is 0. The Morgan fingerprint density at radius 2 is 2.04 bits per heavy atom. The molecule has 0 saturated carbocycles. The van der Waals surface area contributed by atoms with Crippen LogP contribution in [0.3, 0.4) is 0 Å². The number of ketones is 1. The number of benzene rings is 1. The predicted molar refractivity (Wildman–Crippen MR) is 97.6 cm³/mol. The van der Waals surface area contributed by atoms with E-state index in [0.29, 0.717) is 11.3 Å². The molecule has 25 heavy (non-hydrogen) atoms. The highest BCUT2D eigenvalue weighted by Gasteiger charge is 2.27. The number of amides is 1. The van der Waals surface area contributed by atoms with E-state index in [0.717, 1.165) is 32.5 Å². The molecule has 0 bridgehead atoms. The second kappa shape index (κ2) is 7.66. The number of piperidine rings is 1. The van der Waals surface area contributed by atoms with Crippen LogP contribution in [0, 0.1) is 0 Å². The summed E-state index contributed by atoms with van der Waals surface area (Å²) in [4.78, 5) is 31.3. The summed E-state index contributed by atoms with van der Waals surface area (Å²) < 4.78 is 0. The molecule has 1 aromatic heterocycles. The van der Waals surface area contributed by atoms with Gasteiger partial charge in [-0.15, -0.1) is 0 Å². The molecule has 1 atom stereocenters. The standard InChI is InChI=1S/C20H25N3O2/c1-15(24)17-11-19(21-12-17)20(25)22(2)18-9-6-10-23(14-18)13-16-7-4-3-5-8-16/h3-5,7-8,11-12,18,21H,6,9-10,13-14H2,1-2H3. The third-order valence-electron chi connectivity index (χ3n) is 4.92. The van der Waals surface area contributed by atoms with Crippen molar-refractivity contribution < 1.29 is 9.59 Å². The van der Waals surface area contributed by atoms with Crippen molar-refractivity contribution in [3.63, 3.8) is 0 Å². The average Bonchev–Trinajstić information content (AvgIpc) is 3.12. The molecule has 0 aliphatic carbocycles. The van der Waals surface area contributed by atoms with Crippen molar-refractivity contribution in [1.29, 1.82) is 0 Å². The predicted octanol–water partition coefficient (Wildman–Crippen LogP) is 2.95. The molecule has 5 nitrogen and oxygen atoms in total. The first kappa shape index (κ1) is 17.4. The lowest BCUT2D eigenvalue weighted by molar-refractivity contribution is 0.0604. The van der Waals surface area contributed by atoms with Crippen LogP contribution in [0.4, 0.5) is 0 Å². The van der Waals surface area contributed by atoms with E-state index in [-0.39, 0.29) is 17.7 Å². The van der Waals surface area contributed by atoms with Gasteiger partial charge in [0.2, 0.25) is 0 Å². The molecule has 5 heteroatoms. The summed E-state index contributed by atoms with van der Waals surface area (Å²) in [7, 11) is 1.85. The number of likely N-dealkylation sites (N-methyl/N-ethyl adjacent to an activating group) is 1. The van der Waals surface area contributed by atoms with Crippen molar-refractivity contribution in [2.45, 2.75) is 32.4 Å². The summed E-state index contributed by atoms with van der Waals surface area (Å²) in [6.45, 7) is 4.35. The van der Waals surface area contributed by atoms with Crippen molar-refractivity contribution in [3.8, 4) is 0 Å². The van der Waals surface area contributed by atoms with Crippen LogP contribution in [-0.2, 0) is 6.54 Å².